The number of aromatic nitrogens is 3. The highest BCUT2D eigenvalue weighted by atomic mass is 19.4. The number of carbonyl (C=O) groups excluding carboxylic acids is 1. The minimum Gasteiger partial charge on any atom is -0.359 e. The second-order valence-corrected chi connectivity index (χ2v) is 4.89. The number of nitrogens with one attached hydrogen (secondary N) is 1. The van der Waals surface area contributed by atoms with Gasteiger partial charge in [-0.15, -0.1) is 0 Å². The molecule has 120 valence electrons. The molecule has 0 saturated heterocycles. The largest absolute Gasteiger partial charge is 0.435 e. The van der Waals surface area contributed by atoms with E-state index in [1.165, 1.54) is 6.92 Å². The first-order chi connectivity index (χ1) is 10.2. The number of nitrogens with zero attached hydrogens (tertiary/aromatic N) is 3. The van der Waals surface area contributed by atoms with Gasteiger partial charge in [-0.05, 0) is 26.8 Å². The van der Waals surface area contributed by atoms with Gasteiger partial charge in [-0.3, -0.25) is 9.48 Å². The van der Waals surface area contributed by atoms with Crippen LogP contribution in [-0.4, -0.2) is 20.8 Å². The second kappa shape index (κ2) is 5.82. The second-order valence-electron chi connectivity index (χ2n) is 4.89. The summed E-state index contributed by atoms with van der Waals surface area (Å²) in [6.45, 7) is 4.90. The minimum absolute atomic E-state index is 0.0100. The molecule has 1 amide bonds. The molecule has 0 saturated carbocycles. The highest BCUT2D eigenvalue weighted by molar-refractivity contribution is 5.91. The summed E-state index contributed by atoms with van der Waals surface area (Å²) in [6, 6.07) is 0.951. The fraction of sp³-hybridized carbons (Fsp3) is 0.462. The summed E-state index contributed by atoms with van der Waals surface area (Å²) in [4.78, 5) is 11.9. The first kappa shape index (κ1) is 16.1. The Morgan fingerprint density at radius 1 is 1.36 bits per heavy atom. The van der Waals surface area contributed by atoms with Gasteiger partial charge in [0.15, 0.2) is 11.5 Å². The third-order valence-electron chi connectivity index (χ3n) is 3.12. The average molecular weight is 316 g/mol. The van der Waals surface area contributed by atoms with Gasteiger partial charge in [0, 0.05) is 18.7 Å². The number of anilines is 1. The summed E-state index contributed by atoms with van der Waals surface area (Å²) in [5.41, 5.74) is 0.409. The molecule has 0 atom stereocenters. The molecule has 2 aromatic rings. The lowest BCUT2D eigenvalue weighted by Gasteiger charge is -2.06. The van der Waals surface area contributed by atoms with Gasteiger partial charge in [0.25, 0.3) is 0 Å². The molecule has 9 heteroatoms. The van der Waals surface area contributed by atoms with Crippen molar-refractivity contribution in [2.24, 2.45) is 0 Å². The normalized spacial score (nSPS) is 11.7. The molecule has 0 aliphatic heterocycles. The molecule has 0 radical (unpaired) electrons. The van der Waals surface area contributed by atoms with E-state index in [0.717, 1.165) is 10.7 Å². The van der Waals surface area contributed by atoms with E-state index in [1.807, 2.05) is 0 Å². The van der Waals surface area contributed by atoms with Gasteiger partial charge in [0.2, 0.25) is 5.91 Å². The van der Waals surface area contributed by atoms with Crippen molar-refractivity contribution in [3.8, 4) is 0 Å². The minimum atomic E-state index is -4.49. The molecule has 6 nitrogen and oxygen atoms in total. The number of carbonyl (C=O) groups is 1. The summed E-state index contributed by atoms with van der Waals surface area (Å²) < 4.78 is 43.7. The van der Waals surface area contributed by atoms with Crippen LogP contribution in [0, 0.1) is 20.8 Å². The number of aryl methyl sites for hydroxylation is 4. The molecule has 0 aliphatic carbocycles. The third-order valence-corrected chi connectivity index (χ3v) is 3.12. The Hall–Kier alpha value is -2.32. The van der Waals surface area contributed by atoms with Gasteiger partial charge < -0.3 is 9.84 Å². The quantitative estimate of drug-likeness (QED) is 0.941. The van der Waals surface area contributed by atoms with Crippen molar-refractivity contribution in [2.45, 2.75) is 39.9 Å². The fourth-order valence-electron chi connectivity index (χ4n) is 1.95. The number of hydrogen-bond donors (Lipinski definition) is 1. The van der Waals surface area contributed by atoms with Crippen molar-refractivity contribution in [1.82, 2.24) is 14.9 Å². The molecule has 2 rings (SSSR count). The lowest BCUT2D eigenvalue weighted by Crippen LogP contribution is -2.16. The van der Waals surface area contributed by atoms with Gasteiger partial charge in [-0.25, -0.2) is 0 Å². The molecular weight excluding hydrogens is 301 g/mol. The molecule has 0 aliphatic rings. The van der Waals surface area contributed by atoms with Crippen molar-refractivity contribution >= 4 is 11.6 Å². The zero-order chi connectivity index (χ0) is 16.5. The van der Waals surface area contributed by atoms with E-state index >= 15 is 0 Å². The van der Waals surface area contributed by atoms with Gasteiger partial charge in [0.05, 0.1) is 0 Å². The van der Waals surface area contributed by atoms with E-state index in [4.69, 9.17) is 4.52 Å². The number of hydrogen-bond acceptors (Lipinski definition) is 4. The fourth-order valence-corrected chi connectivity index (χ4v) is 1.95. The Bertz CT molecular complexity index is 669. The maximum absolute atomic E-state index is 12.5. The first-order valence-electron chi connectivity index (χ1n) is 6.53. The van der Waals surface area contributed by atoms with Crippen LogP contribution in [0.15, 0.2) is 10.6 Å². The molecular formula is C13H15F3N4O2. The van der Waals surface area contributed by atoms with Gasteiger partial charge in [-0.2, -0.15) is 18.3 Å². The van der Waals surface area contributed by atoms with E-state index in [9.17, 15) is 18.0 Å². The Morgan fingerprint density at radius 3 is 2.55 bits per heavy atom. The molecule has 1 N–H and O–H groups in total. The maximum Gasteiger partial charge on any atom is 0.435 e. The number of halogens is 3. The van der Waals surface area contributed by atoms with E-state index < -0.39 is 11.9 Å². The van der Waals surface area contributed by atoms with Gasteiger partial charge in [-0.1, -0.05) is 5.16 Å². The average Bonchev–Trinajstić information content (AvgIpc) is 2.93. The lowest BCUT2D eigenvalue weighted by atomic mass is 10.3. The van der Waals surface area contributed by atoms with Crippen molar-refractivity contribution in [2.75, 3.05) is 5.32 Å². The van der Waals surface area contributed by atoms with Crippen molar-refractivity contribution in [3.05, 3.63) is 28.9 Å². The zero-order valence-electron chi connectivity index (χ0n) is 12.3. The SMILES string of the molecule is Cc1noc(C)c1NC(=O)CCn1nc(C(F)(F)F)cc1C. The molecule has 0 bridgehead atoms. The summed E-state index contributed by atoms with van der Waals surface area (Å²) in [6.07, 6.45) is -4.50. The van der Waals surface area contributed by atoms with Crippen molar-refractivity contribution in [3.63, 3.8) is 0 Å². The third kappa shape index (κ3) is 3.46. The summed E-state index contributed by atoms with van der Waals surface area (Å²) in [5.74, 6) is 0.123. The lowest BCUT2D eigenvalue weighted by molar-refractivity contribution is -0.141. The summed E-state index contributed by atoms with van der Waals surface area (Å²) in [5, 5.41) is 9.79. The Kier molecular flexibility index (Phi) is 4.25. The van der Waals surface area contributed by atoms with E-state index in [-0.39, 0.29) is 18.9 Å². The number of rotatable bonds is 4. The topological polar surface area (TPSA) is 73.0 Å². The molecule has 0 fully saturated rings. The summed E-state index contributed by atoms with van der Waals surface area (Å²) >= 11 is 0. The highest BCUT2D eigenvalue weighted by Gasteiger charge is 2.34. The van der Waals surface area contributed by atoms with Crippen LogP contribution in [-0.2, 0) is 17.5 Å². The van der Waals surface area contributed by atoms with Crippen LogP contribution in [0.4, 0.5) is 18.9 Å². The standard InChI is InChI=1S/C13H15F3N4O2/c1-7-6-10(13(14,15)16)18-20(7)5-4-11(21)17-12-8(2)19-22-9(12)3/h6H,4-5H2,1-3H3,(H,17,21). The molecule has 22 heavy (non-hydrogen) atoms. The Balaban J connectivity index is 1.99. The van der Waals surface area contributed by atoms with Crippen LogP contribution in [0.1, 0.15) is 29.3 Å². The van der Waals surface area contributed by atoms with Gasteiger partial charge >= 0.3 is 6.18 Å². The molecule has 0 spiro atoms. The van der Waals surface area contributed by atoms with Gasteiger partial charge in [0.1, 0.15) is 11.4 Å². The van der Waals surface area contributed by atoms with Crippen LogP contribution in [0.3, 0.4) is 0 Å². The number of alkyl halides is 3. The molecule has 2 heterocycles. The molecule has 0 unspecified atom stereocenters. The van der Waals surface area contributed by atoms with Crippen molar-refractivity contribution in [1.29, 1.82) is 0 Å². The zero-order valence-corrected chi connectivity index (χ0v) is 12.3. The monoisotopic (exact) mass is 316 g/mol. The van der Waals surface area contributed by atoms with Crippen molar-refractivity contribution < 1.29 is 22.5 Å². The maximum atomic E-state index is 12.5. The van der Waals surface area contributed by atoms with Crippen LogP contribution in [0.25, 0.3) is 0 Å². The first-order valence-corrected chi connectivity index (χ1v) is 6.53. The Morgan fingerprint density at radius 2 is 2.05 bits per heavy atom. The van der Waals surface area contributed by atoms with Crippen LogP contribution in [0.5, 0.6) is 0 Å². The highest BCUT2D eigenvalue weighted by Crippen LogP contribution is 2.28. The molecule has 2 aromatic heterocycles. The van der Waals surface area contributed by atoms with Crippen LogP contribution >= 0.6 is 0 Å². The Labute approximate surface area is 124 Å². The predicted molar refractivity (Wildman–Crippen MR) is 71.2 cm³/mol. The van der Waals surface area contributed by atoms with Crippen LogP contribution < -0.4 is 5.32 Å². The molecule has 0 aromatic carbocycles. The van der Waals surface area contributed by atoms with E-state index in [2.05, 4.69) is 15.6 Å². The van der Waals surface area contributed by atoms with Crippen LogP contribution in [0.2, 0.25) is 0 Å². The number of amides is 1. The van der Waals surface area contributed by atoms with E-state index in [1.54, 1.807) is 13.8 Å². The van der Waals surface area contributed by atoms with E-state index in [0.29, 0.717) is 22.8 Å². The smallest absolute Gasteiger partial charge is 0.359 e. The summed E-state index contributed by atoms with van der Waals surface area (Å²) in [7, 11) is 0. The predicted octanol–water partition coefficient (Wildman–Crippen LogP) is 2.84.